The van der Waals surface area contributed by atoms with E-state index in [0.29, 0.717) is 30.7 Å². The molecule has 0 bridgehead atoms. The number of hydrogen-bond acceptors (Lipinski definition) is 5. The normalized spacial score (nSPS) is 22.5. The third-order valence-corrected chi connectivity index (χ3v) is 9.17. The number of halogens is 1. The Balaban J connectivity index is 1.67. The summed E-state index contributed by atoms with van der Waals surface area (Å²) in [5.41, 5.74) is 0. The lowest BCUT2D eigenvalue weighted by atomic mass is 10.4. The van der Waals surface area contributed by atoms with Gasteiger partial charge in [-0.2, -0.15) is 21.3 Å². The van der Waals surface area contributed by atoms with Gasteiger partial charge in [0.2, 0.25) is 10.0 Å². The Morgan fingerprint density at radius 1 is 0.808 bits per heavy atom. The zero-order valence-corrected chi connectivity index (χ0v) is 17.8. The van der Waals surface area contributed by atoms with Crippen molar-refractivity contribution in [2.24, 2.45) is 0 Å². The second kappa shape index (κ2) is 7.82. The van der Waals surface area contributed by atoms with Gasteiger partial charge in [0.15, 0.2) is 0 Å². The Labute approximate surface area is 163 Å². The van der Waals surface area contributed by atoms with E-state index in [1.807, 2.05) is 7.05 Å². The van der Waals surface area contributed by atoms with Crippen molar-refractivity contribution in [1.29, 1.82) is 0 Å². The van der Waals surface area contributed by atoms with Gasteiger partial charge in [-0.1, -0.05) is 22.0 Å². The summed E-state index contributed by atoms with van der Waals surface area (Å²) in [6.45, 7) is 2.99. The highest BCUT2D eigenvalue weighted by Gasteiger charge is 2.36. The first-order valence-corrected chi connectivity index (χ1v) is 12.0. The van der Waals surface area contributed by atoms with Gasteiger partial charge in [0.1, 0.15) is 0 Å². The van der Waals surface area contributed by atoms with Gasteiger partial charge in [0.05, 0.1) is 4.90 Å². The zero-order chi connectivity index (χ0) is 18.9. The fraction of sp³-hybridized carbons (Fsp3) is 0.600. The maximum atomic E-state index is 12.8. The summed E-state index contributed by atoms with van der Waals surface area (Å²) >= 11 is 3.28. The van der Waals surface area contributed by atoms with Gasteiger partial charge in [0.25, 0.3) is 10.2 Å². The molecule has 2 aliphatic heterocycles. The minimum Gasteiger partial charge on any atom is -0.304 e. The summed E-state index contributed by atoms with van der Waals surface area (Å²) in [5.74, 6) is 0. The van der Waals surface area contributed by atoms with E-state index in [4.69, 9.17) is 0 Å². The number of benzene rings is 1. The van der Waals surface area contributed by atoms with Crippen LogP contribution in [-0.4, -0.2) is 94.1 Å². The van der Waals surface area contributed by atoms with Crippen molar-refractivity contribution < 1.29 is 16.8 Å². The molecule has 0 aliphatic carbocycles. The molecule has 8 nitrogen and oxygen atoms in total. The molecule has 26 heavy (non-hydrogen) atoms. The molecule has 0 atom stereocenters. The molecule has 2 saturated heterocycles. The first kappa shape index (κ1) is 20.2. The number of rotatable bonds is 4. The van der Waals surface area contributed by atoms with E-state index in [-0.39, 0.29) is 31.1 Å². The van der Waals surface area contributed by atoms with Crippen molar-refractivity contribution in [3.05, 3.63) is 28.7 Å². The van der Waals surface area contributed by atoms with Crippen molar-refractivity contribution in [2.45, 2.75) is 4.90 Å². The predicted octanol–water partition coefficient (Wildman–Crippen LogP) is 0.248. The third kappa shape index (κ3) is 4.13. The Morgan fingerprint density at radius 2 is 1.31 bits per heavy atom. The summed E-state index contributed by atoms with van der Waals surface area (Å²) in [6, 6.07) is 6.54. The fourth-order valence-corrected chi connectivity index (χ4v) is 6.69. The topological polar surface area (TPSA) is 81.2 Å². The van der Waals surface area contributed by atoms with Crippen LogP contribution in [0.4, 0.5) is 0 Å². The number of hydrogen-bond donors (Lipinski definition) is 0. The SMILES string of the molecule is CN1CCN(S(=O)(=O)N2CCN(S(=O)(=O)c3cccc(Br)c3)CC2)CC1. The van der Waals surface area contributed by atoms with E-state index >= 15 is 0 Å². The largest absolute Gasteiger partial charge is 0.304 e. The van der Waals surface area contributed by atoms with E-state index in [9.17, 15) is 16.8 Å². The average Bonchev–Trinajstić information content (AvgIpc) is 2.62. The van der Waals surface area contributed by atoms with E-state index in [1.54, 1.807) is 24.3 Å². The van der Waals surface area contributed by atoms with Crippen LogP contribution < -0.4 is 0 Å². The van der Waals surface area contributed by atoms with Gasteiger partial charge in [-0.25, -0.2) is 8.42 Å². The van der Waals surface area contributed by atoms with Crippen LogP contribution in [0.25, 0.3) is 0 Å². The van der Waals surface area contributed by atoms with E-state index < -0.39 is 20.2 Å². The second-order valence-corrected chi connectivity index (χ2v) is 11.3. The molecule has 0 aromatic heterocycles. The Hall–Kier alpha value is -0.560. The van der Waals surface area contributed by atoms with Gasteiger partial charge in [0, 0.05) is 56.8 Å². The highest BCUT2D eigenvalue weighted by molar-refractivity contribution is 9.10. The average molecular weight is 467 g/mol. The summed E-state index contributed by atoms with van der Waals surface area (Å²) < 4.78 is 56.0. The maximum Gasteiger partial charge on any atom is 0.282 e. The molecule has 0 saturated carbocycles. The van der Waals surface area contributed by atoms with E-state index in [2.05, 4.69) is 20.8 Å². The minimum atomic E-state index is -3.62. The van der Waals surface area contributed by atoms with E-state index in [0.717, 1.165) is 0 Å². The predicted molar refractivity (Wildman–Crippen MR) is 102 cm³/mol. The van der Waals surface area contributed by atoms with Gasteiger partial charge in [-0.15, -0.1) is 0 Å². The van der Waals surface area contributed by atoms with Crippen LogP contribution in [0.3, 0.4) is 0 Å². The first-order chi connectivity index (χ1) is 12.2. The van der Waals surface area contributed by atoms with Crippen LogP contribution in [0.5, 0.6) is 0 Å². The number of sulfonamides is 1. The van der Waals surface area contributed by atoms with Gasteiger partial charge in [-0.3, -0.25) is 0 Å². The molecule has 1 aromatic rings. The Kier molecular flexibility index (Phi) is 6.07. The molecular weight excluding hydrogens is 444 g/mol. The number of piperazine rings is 2. The summed E-state index contributed by atoms with van der Waals surface area (Å²) in [6.07, 6.45) is 0. The van der Waals surface area contributed by atoms with Crippen molar-refractivity contribution in [1.82, 2.24) is 17.8 Å². The third-order valence-electron chi connectivity index (χ3n) is 4.75. The molecule has 146 valence electrons. The van der Waals surface area contributed by atoms with Crippen molar-refractivity contribution >= 4 is 36.2 Å². The quantitative estimate of drug-likeness (QED) is 0.634. The van der Waals surface area contributed by atoms with Crippen molar-refractivity contribution in [3.8, 4) is 0 Å². The molecule has 3 rings (SSSR count). The molecule has 0 N–H and O–H groups in total. The second-order valence-electron chi connectivity index (χ2n) is 6.47. The molecule has 0 spiro atoms. The zero-order valence-electron chi connectivity index (χ0n) is 14.6. The monoisotopic (exact) mass is 466 g/mol. The Morgan fingerprint density at radius 3 is 1.85 bits per heavy atom. The molecular formula is C15H23BrN4O4S2. The van der Waals surface area contributed by atoms with Crippen molar-refractivity contribution in [2.75, 3.05) is 59.4 Å². The van der Waals surface area contributed by atoms with Crippen LogP contribution in [0.2, 0.25) is 0 Å². The molecule has 0 amide bonds. The Bertz CT molecular complexity index is 846. The van der Waals surface area contributed by atoms with Crippen LogP contribution in [0, 0.1) is 0 Å². The number of nitrogens with zero attached hydrogens (tertiary/aromatic N) is 4. The van der Waals surface area contributed by atoms with Gasteiger partial charge in [-0.05, 0) is 25.2 Å². The highest BCUT2D eigenvalue weighted by atomic mass is 79.9. The van der Waals surface area contributed by atoms with Gasteiger partial charge >= 0.3 is 0 Å². The lowest BCUT2D eigenvalue weighted by Crippen LogP contribution is -2.57. The minimum absolute atomic E-state index is 0.155. The lowest BCUT2D eigenvalue weighted by molar-refractivity contribution is 0.201. The highest BCUT2D eigenvalue weighted by Crippen LogP contribution is 2.22. The van der Waals surface area contributed by atoms with Crippen LogP contribution >= 0.6 is 15.9 Å². The molecule has 2 fully saturated rings. The van der Waals surface area contributed by atoms with E-state index in [1.165, 1.54) is 12.9 Å². The standard InChI is InChI=1S/C15H23BrN4O4S2/c1-17-5-7-19(8-6-17)26(23,24)20-11-9-18(10-12-20)25(21,22)15-4-2-3-14(16)13-15/h2-4,13H,5-12H2,1H3. The first-order valence-electron chi connectivity index (χ1n) is 8.41. The molecule has 11 heteroatoms. The van der Waals surface area contributed by atoms with Gasteiger partial charge < -0.3 is 4.90 Å². The molecule has 0 unspecified atom stereocenters. The summed E-state index contributed by atoms with van der Waals surface area (Å²) in [5, 5.41) is 0. The van der Waals surface area contributed by atoms with Crippen LogP contribution in [0.15, 0.2) is 33.6 Å². The molecule has 0 radical (unpaired) electrons. The lowest BCUT2D eigenvalue weighted by Gasteiger charge is -2.38. The fourth-order valence-electron chi connectivity index (χ4n) is 3.10. The maximum absolute atomic E-state index is 12.8. The molecule has 1 aromatic carbocycles. The smallest absolute Gasteiger partial charge is 0.282 e. The summed E-state index contributed by atoms with van der Waals surface area (Å²) in [7, 11) is -5.19. The van der Waals surface area contributed by atoms with Crippen molar-refractivity contribution in [3.63, 3.8) is 0 Å². The summed E-state index contributed by atoms with van der Waals surface area (Å²) in [4.78, 5) is 2.30. The van der Waals surface area contributed by atoms with Crippen LogP contribution in [0.1, 0.15) is 0 Å². The van der Waals surface area contributed by atoms with Crippen LogP contribution in [-0.2, 0) is 20.2 Å². The molecule has 2 heterocycles. The number of likely N-dealkylation sites (N-methyl/N-ethyl adjacent to an activating group) is 1. The molecule has 2 aliphatic rings.